The van der Waals surface area contributed by atoms with Gasteiger partial charge in [0.05, 0.1) is 10.5 Å². The van der Waals surface area contributed by atoms with Crippen LogP contribution in [0.25, 0.3) is 0 Å². The van der Waals surface area contributed by atoms with Gasteiger partial charge >= 0.3 is 0 Å². The van der Waals surface area contributed by atoms with Gasteiger partial charge in [0.15, 0.2) is 0 Å². The van der Waals surface area contributed by atoms with Crippen LogP contribution in [0.5, 0.6) is 0 Å². The second-order valence-electron chi connectivity index (χ2n) is 5.70. The SMILES string of the molecule is CC1CCCC(O)(CNc2cc(Cl)ccc2[N+](=O)[O-])C1. The average Bonchev–Trinajstić information content (AvgIpc) is 2.36. The van der Waals surface area contributed by atoms with E-state index in [2.05, 4.69) is 12.2 Å². The van der Waals surface area contributed by atoms with E-state index in [1.807, 2.05) is 0 Å². The molecule has 5 nitrogen and oxygen atoms in total. The van der Waals surface area contributed by atoms with Gasteiger partial charge in [-0.25, -0.2) is 0 Å². The molecule has 6 heteroatoms. The summed E-state index contributed by atoms with van der Waals surface area (Å²) in [5.74, 6) is 0.477. The van der Waals surface area contributed by atoms with Crippen molar-refractivity contribution in [3.63, 3.8) is 0 Å². The zero-order valence-corrected chi connectivity index (χ0v) is 12.2. The van der Waals surface area contributed by atoms with Crippen LogP contribution in [0.3, 0.4) is 0 Å². The third-order valence-corrected chi connectivity index (χ3v) is 4.07. The van der Waals surface area contributed by atoms with Gasteiger partial charge in [0.25, 0.3) is 5.69 Å². The predicted molar refractivity (Wildman–Crippen MR) is 79.2 cm³/mol. The number of hydrogen-bond acceptors (Lipinski definition) is 4. The summed E-state index contributed by atoms with van der Waals surface area (Å²) in [5, 5.41) is 24.9. The van der Waals surface area contributed by atoms with Crippen LogP contribution in [0.2, 0.25) is 5.02 Å². The van der Waals surface area contributed by atoms with E-state index < -0.39 is 10.5 Å². The van der Waals surface area contributed by atoms with Gasteiger partial charge in [-0.3, -0.25) is 10.1 Å². The number of nitro benzene ring substituents is 1. The summed E-state index contributed by atoms with van der Waals surface area (Å²) in [7, 11) is 0. The third kappa shape index (κ3) is 3.61. The quantitative estimate of drug-likeness (QED) is 0.658. The van der Waals surface area contributed by atoms with Gasteiger partial charge in [-0.15, -0.1) is 0 Å². The summed E-state index contributed by atoms with van der Waals surface area (Å²) in [4.78, 5) is 10.5. The van der Waals surface area contributed by atoms with Gasteiger partial charge in [-0.2, -0.15) is 0 Å². The van der Waals surface area contributed by atoms with Crippen LogP contribution in [0, 0.1) is 16.0 Å². The zero-order chi connectivity index (χ0) is 14.8. The van der Waals surface area contributed by atoms with Gasteiger partial charge in [0.1, 0.15) is 5.69 Å². The number of nitrogens with one attached hydrogen (secondary N) is 1. The van der Waals surface area contributed by atoms with Crippen LogP contribution >= 0.6 is 11.6 Å². The zero-order valence-electron chi connectivity index (χ0n) is 11.4. The summed E-state index contributed by atoms with van der Waals surface area (Å²) in [6.07, 6.45) is 3.55. The first-order valence-corrected chi connectivity index (χ1v) is 7.18. The highest BCUT2D eigenvalue weighted by atomic mass is 35.5. The molecule has 20 heavy (non-hydrogen) atoms. The Bertz CT molecular complexity index is 509. The topological polar surface area (TPSA) is 75.4 Å². The molecule has 0 radical (unpaired) electrons. The number of nitro groups is 1. The lowest BCUT2D eigenvalue weighted by atomic mass is 9.79. The van der Waals surface area contributed by atoms with Crippen molar-refractivity contribution in [3.8, 4) is 0 Å². The monoisotopic (exact) mass is 298 g/mol. The number of anilines is 1. The van der Waals surface area contributed by atoms with Crippen molar-refractivity contribution >= 4 is 23.0 Å². The highest BCUT2D eigenvalue weighted by molar-refractivity contribution is 6.31. The van der Waals surface area contributed by atoms with E-state index in [4.69, 9.17) is 11.6 Å². The smallest absolute Gasteiger partial charge is 0.292 e. The van der Waals surface area contributed by atoms with E-state index in [1.165, 1.54) is 18.2 Å². The molecule has 1 aliphatic carbocycles. The predicted octanol–water partition coefficient (Wildman–Crippen LogP) is 3.60. The molecule has 1 fully saturated rings. The van der Waals surface area contributed by atoms with Gasteiger partial charge in [0, 0.05) is 17.6 Å². The average molecular weight is 299 g/mol. The lowest BCUT2D eigenvalue weighted by molar-refractivity contribution is -0.384. The molecular weight excluding hydrogens is 280 g/mol. The van der Waals surface area contributed by atoms with E-state index in [9.17, 15) is 15.2 Å². The molecule has 1 aromatic carbocycles. The van der Waals surface area contributed by atoms with Gasteiger partial charge in [-0.05, 0) is 30.9 Å². The molecule has 110 valence electrons. The minimum absolute atomic E-state index is 0.0261. The number of benzene rings is 1. The fraction of sp³-hybridized carbons (Fsp3) is 0.571. The minimum atomic E-state index is -0.798. The molecule has 1 aromatic rings. The molecule has 2 rings (SSSR count). The maximum absolute atomic E-state index is 11.0. The molecule has 0 heterocycles. The van der Waals surface area contributed by atoms with Crippen molar-refractivity contribution < 1.29 is 10.0 Å². The van der Waals surface area contributed by atoms with Gasteiger partial charge in [-0.1, -0.05) is 31.4 Å². The maximum Gasteiger partial charge on any atom is 0.292 e. The van der Waals surface area contributed by atoms with Crippen LogP contribution in [0.1, 0.15) is 32.6 Å². The highest BCUT2D eigenvalue weighted by Crippen LogP contribution is 2.34. The summed E-state index contributed by atoms with van der Waals surface area (Å²) < 4.78 is 0. The summed E-state index contributed by atoms with van der Waals surface area (Å²) in [5.41, 5.74) is -0.468. The Morgan fingerprint density at radius 1 is 1.60 bits per heavy atom. The van der Waals surface area contributed by atoms with Crippen molar-refractivity contribution in [1.29, 1.82) is 0 Å². The second kappa shape index (κ2) is 5.97. The normalized spacial score (nSPS) is 26.2. The van der Waals surface area contributed by atoms with Crippen LogP contribution in [-0.2, 0) is 0 Å². The Morgan fingerprint density at radius 3 is 3.00 bits per heavy atom. The Hall–Kier alpha value is -1.33. The lowest BCUT2D eigenvalue weighted by Gasteiger charge is -2.35. The number of rotatable bonds is 4. The molecule has 1 aliphatic rings. The molecular formula is C14H19ClN2O3. The fourth-order valence-corrected chi connectivity index (χ4v) is 3.03. The fourth-order valence-electron chi connectivity index (χ4n) is 2.86. The Kier molecular flexibility index (Phi) is 4.50. The lowest BCUT2D eigenvalue weighted by Crippen LogP contribution is -2.41. The second-order valence-corrected chi connectivity index (χ2v) is 6.13. The van der Waals surface area contributed by atoms with Crippen LogP contribution in [0.15, 0.2) is 18.2 Å². The molecule has 0 aromatic heterocycles. The van der Waals surface area contributed by atoms with E-state index in [1.54, 1.807) is 0 Å². The Balaban J connectivity index is 2.10. The number of nitrogens with zero attached hydrogens (tertiary/aromatic N) is 1. The van der Waals surface area contributed by atoms with Crippen molar-refractivity contribution in [2.45, 2.75) is 38.2 Å². The first-order chi connectivity index (χ1) is 9.39. The first kappa shape index (κ1) is 15.1. The third-order valence-electron chi connectivity index (χ3n) is 3.83. The van der Waals surface area contributed by atoms with Crippen molar-refractivity contribution in [2.24, 2.45) is 5.92 Å². The Morgan fingerprint density at radius 2 is 2.35 bits per heavy atom. The molecule has 2 N–H and O–H groups in total. The van der Waals surface area contributed by atoms with Gasteiger partial charge < -0.3 is 10.4 Å². The van der Waals surface area contributed by atoms with Gasteiger partial charge in [0.2, 0.25) is 0 Å². The first-order valence-electron chi connectivity index (χ1n) is 6.80. The molecule has 0 saturated heterocycles. The summed E-state index contributed by atoms with van der Waals surface area (Å²) >= 11 is 5.88. The van der Waals surface area contributed by atoms with Crippen LogP contribution in [0.4, 0.5) is 11.4 Å². The van der Waals surface area contributed by atoms with E-state index >= 15 is 0 Å². The molecule has 2 atom stereocenters. The maximum atomic E-state index is 11.0. The van der Waals surface area contributed by atoms with E-state index in [0.717, 1.165) is 19.3 Å². The summed E-state index contributed by atoms with van der Waals surface area (Å²) in [6, 6.07) is 4.38. The number of aliphatic hydroxyl groups is 1. The molecule has 0 spiro atoms. The molecule has 1 saturated carbocycles. The molecule has 0 aliphatic heterocycles. The summed E-state index contributed by atoms with van der Waals surface area (Å²) in [6.45, 7) is 2.42. The Labute approximate surface area is 123 Å². The molecule has 0 amide bonds. The van der Waals surface area contributed by atoms with Crippen molar-refractivity contribution in [3.05, 3.63) is 33.3 Å². The number of halogens is 1. The van der Waals surface area contributed by atoms with E-state index in [-0.39, 0.29) is 5.69 Å². The van der Waals surface area contributed by atoms with Crippen LogP contribution in [-0.4, -0.2) is 22.2 Å². The number of hydrogen-bond donors (Lipinski definition) is 2. The standard InChI is InChI=1S/C14H19ClN2O3/c1-10-3-2-6-14(18,8-10)9-16-12-7-11(15)4-5-13(12)17(19)20/h4-5,7,10,16,18H,2-3,6,8-9H2,1H3. The highest BCUT2D eigenvalue weighted by Gasteiger charge is 2.32. The molecule has 2 unspecified atom stereocenters. The van der Waals surface area contributed by atoms with Crippen LogP contribution < -0.4 is 5.32 Å². The van der Waals surface area contributed by atoms with Crippen molar-refractivity contribution in [1.82, 2.24) is 0 Å². The molecule has 0 bridgehead atoms. The van der Waals surface area contributed by atoms with Crippen molar-refractivity contribution in [2.75, 3.05) is 11.9 Å². The van der Waals surface area contributed by atoms with E-state index in [0.29, 0.717) is 29.6 Å². The minimum Gasteiger partial charge on any atom is -0.388 e. The largest absolute Gasteiger partial charge is 0.388 e.